The Morgan fingerprint density at radius 1 is 1.13 bits per heavy atom. The molecule has 0 spiro atoms. The van der Waals surface area contributed by atoms with Gasteiger partial charge in [-0.05, 0) is 48.0 Å². The van der Waals surface area contributed by atoms with Crippen LogP contribution in [0.25, 0.3) is 5.69 Å². The van der Waals surface area contributed by atoms with Gasteiger partial charge in [0.2, 0.25) is 0 Å². The second-order valence-electron chi connectivity index (χ2n) is 6.66. The van der Waals surface area contributed by atoms with E-state index in [-0.39, 0.29) is 29.8 Å². The Kier molecular flexibility index (Phi) is 9.10. The average molecular weight is 523 g/mol. The Morgan fingerprint density at radius 2 is 1.83 bits per heavy atom. The summed E-state index contributed by atoms with van der Waals surface area (Å²) in [6.45, 7) is 1.45. The van der Waals surface area contributed by atoms with Gasteiger partial charge in [0.25, 0.3) is 0 Å². The molecule has 6 nitrogen and oxygen atoms in total. The topological polar surface area (TPSA) is 54.7 Å². The summed E-state index contributed by atoms with van der Waals surface area (Å²) in [6, 6.07) is 16.3. The lowest BCUT2D eigenvalue weighted by atomic mass is 10.2. The zero-order valence-electron chi connectivity index (χ0n) is 17.4. The summed E-state index contributed by atoms with van der Waals surface area (Å²) in [6.07, 6.45) is 2.64. The van der Waals surface area contributed by atoms with E-state index >= 15 is 0 Å². The van der Waals surface area contributed by atoms with Crippen molar-refractivity contribution in [2.75, 3.05) is 27.7 Å². The van der Waals surface area contributed by atoms with Gasteiger partial charge in [0.15, 0.2) is 5.96 Å². The summed E-state index contributed by atoms with van der Waals surface area (Å²) < 4.78 is 20.0. The summed E-state index contributed by atoms with van der Waals surface area (Å²) in [5.74, 6) is 1.41. The highest BCUT2D eigenvalue weighted by atomic mass is 127. The number of hydrogen-bond donors (Lipinski definition) is 1. The molecule has 0 unspecified atom stereocenters. The highest BCUT2D eigenvalue weighted by Gasteiger charge is 2.08. The van der Waals surface area contributed by atoms with Crippen LogP contribution in [-0.4, -0.2) is 48.4 Å². The van der Waals surface area contributed by atoms with Crippen molar-refractivity contribution in [1.82, 2.24) is 20.0 Å². The second-order valence-corrected chi connectivity index (χ2v) is 6.66. The van der Waals surface area contributed by atoms with Crippen molar-refractivity contribution >= 4 is 29.9 Å². The van der Waals surface area contributed by atoms with Crippen LogP contribution < -0.4 is 10.1 Å². The van der Waals surface area contributed by atoms with Gasteiger partial charge in [0.05, 0.1) is 18.5 Å². The van der Waals surface area contributed by atoms with Crippen molar-refractivity contribution in [3.8, 4) is 11.4 Å². The third-order valence-electron chi connectivity index (χ3n) is 4.55. The van der Waals surface area contributed by atoms with Crippen molar-refractivity contribution in [2.45, 2.75) is 13.0 Å². The van der Waals surface area contributed by atoms with Crippen LogP contribution in [0.1, 0.15) is 11.3 Å². The molecule has 1 heterocycles. The average Bonchev–Trinajstić information content (AvgIpc) is 3.21. The Bertz CT molecular complexity index is 941. The van der Waals surface area contributed by atoms with E-state index in [0.717, 1.165) is 36.1 Å². The molecule has 0 aliphatic heterocycles. The first-order chi connectivity index (χ1) is 14.1. The van der Waals surface area contributed by atoms with Crippen molar-refractivity contribution in [3.63, 3.8) is 0 Å². The Morgan fingerprint density at radius 3 is 2.47 bits per heavy atom. The van der Waals surface area contributed by atoms with E-state index in [0.29, 0.717) is 6.54 Å². The van der Waals surface area contributed by atoms with Crippen molar-refractivity contribution in [1.29, 1.82) is 0 Å². The van der Waals surface area contributed by atoms with E-state index < -0.39 is 0 Å². The SMILES string of the molecule is CN=C(NCCc1ccn(-c2ccc(F)cc2)n1)N(C)Cc1ccc(OC)cc1.I. The van der Waals surface area contributed by atoms with E-state index in [1.165, 1.54) is 17.7 Å². The summed E-state index contributed by atoms with van der Waals surface area (Å²) in [4.78, 5) is 6.42. The van der Waals surface area contributed by atoms with E-state index in [2.05, 4.69) is 20.3 Å². The Labute approximate surface area is 193 Å². The molecule has 0 aliphatic carbocycles. The minimum Gasteiger partial charge on any atom is -0.497 e. The molecule has 1 N–H and O–H groups in total. The van der Waals surface area contributed by atoms with Gasteiger partial charge < -0.3 is 15.0 Å². The fourth-order valence-electron chi connectivity index (χ4n) is 3.00. The number of rotatable bonds is 7. The molecule has 0 fully saturated rings. The first-order valence-electron chi connectivity index (χ1n) is 9.44. The molecule has 0 saturated heterocycles. The quantitative estimate of drug-likeness (QED) is 0.290. The lowest BCUT2D eigenvalue weighted by Crippen LogP contribution is -2.39. The number of aromatic nitrogens is 2. The fourth-order valence-corrected chi connectivity index (χ4v) is 3.00. The van der Waals surface area contributed by atoms with Gasteiger partial charge in [-0.3, -0.25) is 4.99 Å². The second kappa shape index (κ2) is 11.5. The third kappa shape index (κ3) is 6.45. The van der Waals surface area contributed by atoms with E-state index in [1.54, 1.807) is 31.0 Å². The van der Waals surface area contributed by atoms with Crippen LogP contribution in [0.5, 0.6) is 5.75 Å². The predicted molar refractivity (Wildman–Crippen MR) is 128 cm³/mol. The molecule has 0 aliphatic rings. The Balaban J connectivity index is 0.00000320. The highest BCUT2D eigenvalue weighted by molar-refractivity contribution is 14.0. The predicted octanol–water partition coefficient (Wildman–Crippen LogP) is 3.89. The van der Waals surface area contributed by atoms with Gasteiger partial charge in [0.1, 0.15) is 11.6 Å². The smallest absolute Gasteiger partial charge is 0.193 e. The molecule has 0 radical (unpaired) electrons. The summed E-state index contributed by atoms with van der Waals surface area (Å²) >= 11 is 0. The van der Waals surface area contributed by atoms with Gasteiger partial charge >= 0.3 is 0 Å². The zero-order valence-corrected chi connectivity index (χ0v) is 19.7. The van der Waals surface area contributed by atoms with Crippen LogP contribution in [0.15, 0.2) is 65.8 Å². The lowest BCUT2D eigenvalue weighted by molar-refractivity contribution is 0.414. The number of guanidine groups is 1. The molecular weight excluding hydrogens is 496 g/mol. The number of halogens is 2. The maximum absolute atomic E-state index is 13.1. The first kappa shape index (κ1) is 23.7. The molecule has 0 amide bonds. The fraction of sp³-hybridized carbons (Fsp3) is 0.273. The number of aliphatic imine (C=N–C) groups is 1. The van der Waals surface area contributed by atoms with Crippen molar-refractivity contribution < 1.29 is 9.13 Å². The van der Waals surface area contributed by atoms with Crippen LogP contribution in [0, 0.1) is 5.82 Å². The monoisotopic (exact) mass is 523 g/mol. The molecule has 3 rings (SSSR count). The van der Waals surface area contributed by atoms with Gasteiger partial charge in [-0.15, -0.1) is 24.0 Å². The summed E-state index contributed by atoms with van der Waals surface area (Å²) in [5, 5.41) is 7.92. The van der Waals surface area contributed by atoms with Crippen LogP contribution in [0.3, 0.4) is 0 Å². The lowest BCUT2D eigenvalue weighted by Gasteiger charge is -2.22. The molecule has 0 bridgehead atoms. The number of methoxy groups -OCH3 is 1. The normalized spacial score (nSPS) is 11.0. The van der Waals surface area contributed by atoms with Crippen LogP contribution in [-0.2, 0) is 13.0 Å². The number of nitrogens with one attached hydrogen (secondary N) is 1. The van der Waals surface area contributed by atoms with E-state index in [4.69, 9.17) is 4.74 Å². The maximum Gasteiger partial charge on any atom is 0.193 e. The molecule has 3 aromatic rings. The van der Waals surface area contributed by atoms with Crippen LogP contribution in [0.2, 0.25) is 0 Å². The van der Waals surface area contributed by atoms with Crippen molar-refractivity contribution in [3.05, 3.63) is 77.9 Å². The molecule has 160 valence electrons. The number of nitrogens with zero attached hydrogens (tertiary/aromatic N) is 4. The molecule has 0 saturated carbocycles. The summed E-state index contributed by atoms with van der Waals surface area (Å²) in [5.41, 5.74) is 2.96. The minimum absolute atomic E-state index is 0. The maximum atomic E-state index is 13.1. The van der Waals surface area contributed by atoms with Crippen LogP contribution >= 0.6 is 24.0 Å². The van der Waals surface area contributed by atoms with Gasteiger partial charge in [-0.1, -0.05) is 12.1 Å². The molecule has 0 atom stereocenters. The van der Waals surface area contributed by atoms with Crippen molar-refractivity contribution in [2.24, 2.45) is 4.99 Å². The molecular formula is C22H27FIN5O. The highest BCUT2D eigenvalue weighted by Crippen LogP contribution is 2.13. The summed E-state index contributed by atoms with van der Waals surface area (Å²) in [7, 11) is 5.44. The van der Waals surface area contributed by atoms with Gasteiger partial charge in [0, 0.05) is 39.8 Å². The Hall–Kier alpha value is -2.62. The largest absolute Gasteiger partial charge is 0.497 e. The minimum atomic E-state index is -0.254. The van der Waals surface area contributed by atoms with E-state index in [1.807, 2.05) is 43.6 Å². The van der Waals surface area contributed by atoms with Crippen LogP contribution in [0.4, 0.5) is 4.39 Å². The molecule has 8 heteroatoms. The van der Waals surface area contributed by atoms with Gasteiger partial charge in [-0.2, -0.15) is 5.10 Å². The first-order valence-corrected chi connectivity index (χ1v) is 9.44. The van der Waals surface area contributed by atoms with Gasteiger partial charge in [-0.25, -0.2) is 9.07 Å². The zero-order chi connectivity index (χ0) is 20.6. The molecule has 30 heavy (non-hydrogen) atoms. The van der Waals surface area contributed by atoms with E-state index in [9.17, 15) is 4.39 Å². The number of ether oxygens (including phenoxy) is 1. The standard InChI is InChI=1S/C22H26FN5O.HI/c1-24-22(27(2)16-17-4-10-21(29-3)11-5-17)25-14-12-19-13-15-28(26-19)20-8-6-18(23)7-9-20;/h4-11,13,15H,12,14,16H2,1-3H3,(H,24,25);1H. The molecule has 1 aromatic heterocycles. The number of benzene rings is 2. The molecule has 2 aromatic carbocycles. The third-order valence-corrected chi connectivity index (χ3v) is 4.55. The number of hydrogen-bond acceptors (Lipinski definition) is 3.